The summed E-state index contributed by atoms with van der Waals surface area (Å²) in [6, 6.07) is 12.9. The Balaban J connectivity index is 2.54. The Morgan fingerprint density at radius 1 is 1.07 bits per heavy atom. The lowest BCUT2D eigenvalue weighted by molar-refractivity contribution is 0.475. The molecule has 1 nitrogen and oxygen atoms in total. The molecule has 0 spiro atoms. The average Bonchev–Trinajstić information content (AvgIpc) is 2.17. The lowest BCUT2D eigenvalue weighted by Crippen LogP contribution is -1.82. The molecule has 15 heavy (non-hydrogen) atoms. The second kappa shape index (κ2) is 3.95. The van der Waals surface area contributed by atoms with Crippen LogP contribution in [0, 0.1) is 6.92 Å². The van der Waals surface area contributed by atoms with Crippen molar-refractivity contribution in [1.29, 1.82) is 0 Å². The standard InChI is InChI=1S/C13H11ClO/c1-9-7-11(14)5-6-13(9)10-3-2-4-12(15)8-10/h2-8,15H,1H3. The largest absolute Gasteiger partial charge is 0.508 e. The van der Waals surface area contributed by atoms with Crippen LogP contribution in [0.5, 0.6) is 5.75 Å². The summed E-state index contributed by atoms with van der Waals surface area (Å²) >= 11 is 5.89. The molecule has 0 aliphatic carbocycles. The van der Waals surface area contributed by atoms with Crippen molar-refractivity contribution in [2.75, 3.05) is 0 Å². The number of halogens is 1. The Labute approximate surface area is 94.0 Å². The van der Waals surface area contributed by atoms with Crippen LogP contribution in [0.3, 0.4) is 0 Å². The Morgan fingerprint density at radius 2 is 1.87 bits per heavy atom. The molecular weight excluding hydrogens is 208 g/mol. The van der Waals surface area contributed by atoms with Gasteiger partial charge in [0.15, 0.2) is 0 Å². The van der Waals surface area contributed by atoms with E-state index < -0.39 is 0 Å². The van der Waals surface area contributed by atoms with Gasteiger partial charge in [-0.1, -0.05) is 29.8 Å². The first-order valence-corrected chi connectivity index (χ1v) is 5.10. The van der Waals surface area contributed by atoms with E-state index in [0.717, 1.165) is 21.7 Å². The third-order valence-corrected chi connectivity index (χ3v) is 2.58. The SMILES string of the molecule is Cc1cc(Cl)ccc1-c1cccc(O)c1. The number of benzene rings is 2. The van der Waals surface area contributed by atoms with E-state index in [-0.39, 0.29) is 5.75 Å². The van der Waals surface area contributed by atoms with Crippen molar-refractivity contribution >= 4 is 11.6 Å². The molecule has 0 aliphatic rings. The molecule has 76 valence electrons. The van der Waals surface area contributed by atoms with Crippen LogP contribution in [0.15, 0.2) is 42.5 Å². The fourth-order valence-electron chi connectivity index (χ4n) is 1.62. The summed E-state index contributed by atoms with van der Waals surface area (Å²) in [5.41, 5.74) is 3.20. The topological polar surface area (TPSA) is 20.2 Å². The maximum atomic E-state index is 9.39. The highest BCUT2D eigenvalue weighted by Gasteiger charge is 2.02. The molecule has 0 saturated carbocycles. The highest BCUT2D eigenvalue weighted by atomic mass is 35.5. The van der Waals surface area contributed by atoms with E-state index >= 15 is 0 Å². The van der Waals surface area contributed by atoms with Crippen LogP contribution < -0.4 is 0 Å². The number of aryl methyl sites for hydroxylation is 1. The van der Waals surface area contributed by atoms with Gasteiger partial charge in [-0.2, -0.15) is 0 Å². The van der Waals surface area contributed by atoms with Gasteiger partial charge in [0.05, 0.1) is 0 Å². The fourth-order valence-corrected chi connectivity index (χ4v) is 1.85. The minimum atomic E-state index is 0.279. The van der Waals surface area contributed by atoms with E-state index in [4.69, 9.17) is 11.6 Å². The van der Waals surface area contributed by atoms with Crippen molar-refractivity contribution in [3.63, 3.8) is 0 Å². The predicted octanol–water partition coefficient (Wildman–Crippen LogP) is 4.02. The number of hydrogen-bond donors (Lipinski definition) is 1. The average molecular weight is 219 g/mol. The first-order chi connectivity index (χ1) is 7.16. The zero-order valence-electron chi connectivity index (χ0n) is 8.37. The van der Waals surface area contributed by atoms with Crippen molar-refractivity contribution in [1.82, 2.24) is 0 Å². The number of aromatic hydroxyl groups is 1. The molecule has 0 bridgehead atoms. The van der Waals surface area contributed by atoms with Gasteiger partial charge in [0.25, 0.3) is 0 Å². The molecule has 2 aromatic rings. The Bertz CT molecular complexity index is 492. The smallest absolute Gasteiger partial charge is 0.116 e. The molecular formula is C13H11ClO. The Hall–Kier alpha value is -1.47. The third kappa shape index (κ3) is 2.13. The van der Waals surface area contributed by atoms with Crippen LogP contribution in [0.2, 0.25) is 5.02 Å². The van der Waals surface area contributed by atoms with E-state index in [1.165, 1.54) is 0 Å². The van der Waals surface area contributed by atoms with Gasteiger partial charge in [0.1, 0.15) is 5.75 Å². The minimum absolute atomic E-state index is 0.279. The monoisotopic (exact) mass is 218 g/mol. The zero-order chi connectivity index (χ0) is 10.8. The second-order valence-corrected chi connectivity index (χ2v) is 3.95. The number of phenolic OH excluding ortho intramolecular Hbond substituents is 1. The first kappa shape index (κ1) is 10.1. The first-order valence-electron chi connectivity index (χ1n) is 4.72. The summed E-state index contributed by atoms with van der Waals surface area (Å²) in [6.07, 6.45) is 0. The van der Waals surface area contributed by atoms with Gasteiger partial charge in [0, 0.05) is 5.02 Å². The third-order valence-electron chi connectivity index (χ3n) is 2.35. The van der Waals surface area contributed by atoms with E-state index in [2.05, 4.69) is 0 Å². The number of rotatable bonds is 1. The molecule has 0 unspecified atom stereocenters. The quantitative estimate of drug-likeness (QED) is 0.767. The molecule has 2 rings (SSSR count). The van der Waals surface area contributed by atoms with Crippen molar-refractivity contribution in [3.8, 4) is 16.9 Å². The summed E-state index contributed by atoms with van der Waals surface area (Å²) in [7, 11) is 0. The molecule has 0 saturated heterocycles. The minimum Gasteiger partial charge on any atom is -0.508 e. The number of phenols is 1. The molecule has 0 aromatic heterocycles. The molecule has 0 amide bonds. The maximum Gasteiger partial charge on any atom is 0.116 e. The second-order valence-electron chi connectivity index (χ2n) is 3.51. The van der Waals surface area contributed by atoms with Gasteiger partial charge in [-0.3, -0.25) is 0 Å². The van der Waals surface area contributed by atoms with Crippen LogP contribution in [-0.4, -0.2) is 5.11 Å². The molecule has 0 radical (unpaired) electrons. The van der Waals surface area contributed by atoms with Crippen LogP contribution in [0.25, 0.3) is 11.1 Å². The normalized spacial score (nSPS) is 10.3. The molecule has 2 aromatic carbocycles. The zero-order valence-corrected chi connectivity index (χ0v) is 9.12. The van der Waals surface area contributed by atoms with Gasteiger partial charge < -0.3 is 5.11 Å². The van der Waals surface area contributed by atoms with E-state index in [1.807, 2.05) is 37.3 Å². The van der Waals surface area contributed by atoms with Crippen LogP contribution >= 0.6 is 11.6 Å². The van der Waals surface area contributed by atoms with Crippen LogP contribution in [0.1, 0.15) is 5.56 Å². The van der Waals surface area contributed by atoms with Crippen molar-refractivity contribution in [3.05, 3.63) is 53.1 Å². The van der Waals surface area contributed by atoms with Crippen molar-refractivity contribution in [2.45, 2.75) is 6.92 Å². The maximum absolute atomic E-state index is 9.39. The molecule has 0 atom stereocenters. The van der Waals surface area contributed by atoms with E-state index in [0.29, 0.717) is 0 Å². The Morgan fingerprint density at radius 3 is 2.53 bits per heavy atom. The lowest BCUT2D eigenvalue weighted by atomic mass is 10.0. The summed E-state index contributed by atoms with van der Waals surface area (Å²) in [4.78, 5) is 0. The molecule has 0 heterocycles. The predicted molar refractivity (Wildman–Crippen MR) is 63.3 cm³/mol. The summed E-state index contributed by atoms with van der Waals surface area (Å²) in [6.45, 7) is 2.01. The summed E-state index contributed by atoms with van der Waals surface area (Å²) in [5, 5.41) is 10.1. The van der Waals surface area contributed by atoms with Gasteiger partial charge >= 0.3 is 0 Å². The van der Waals surface area contributed by atoms with Crippen molar-refractivity contribution < 1.29 is 5.11 Å². The summed E-state index contributed by atoms with van der Waals surface area (Å²) in [5.74, 6) is 0.279. The van der Waals surface area contributed by atoms with Gasteiger partial charge in [-0.25, -0.2) is 0 Å². The molecule has 0 aliphatic heterocycles. The summed E-state index contributed by atoms with van der Waals surface area (Å²) < 4.78 is 0. The fraction of sp³-hybridized carbons (Fsp3) is 0.0769. The van der Waals surface area contributed by atoms with Gasteiger partial charge in [-0.15, -0.1) is 0 Å². The Kier molecular flexibility index (Phi) is 2.65. The van der Waals surface area contributed by atoms with Gasteiger partial charge in [0.2, 0.25) is 0 Å². The van der Waals surface area contributed by atoms with E-state index in [9.17, 15) is 5.11 Å². The van der Waals surface area contributed by atoms with Crippen LogP contribution in [-0.2, 0) is 0 Å². The van der Waals surface area contributed by atoms with Crippen LogP contribution in [0.4, 0.5) is 0 Å². The molecule has 1 N–H and O–H groups in total. The lowest BCUT2D eigenvalue weighted by Gasteiger charge is -2.06. The number of hydrogen-bond acceptors (Lipinski definition) is 1. The molecule has 0 fully saturated rings. The highest BCUT2D eigenvalue weighted by Crippen LogP contribution is 2.27. The molecule has 2 heteroatoms. The highest BCUT2D eigenvalue weighted by molar-refractivity contribution is 6.30. The van der Waals surface area contributed by atoms with Gasteiger partial charge in [-0.05, 0) is 47.9 Å². The van der Waals surface area contributed by atoms with E-state index in [1.54, 1.807) is 12.1 Å². The van der Waals surface area contributed by atoms with Crippen molar-refractivity contribution in [2.24, 2.45) is 0 Å².